The first-order valence-corrected chi connectivity index (χ1v) is 8.04. The van der Waals surface area contributed by atoms with Gasteiger partial charge in [0, 0.05) is 9.26 Å². The van der Waals surface area contributed by atoms with E-state index in [9.17, 15) is 14.4 Å². The molecular weight excluding hydrogens is 425 g/mol. The number of fused-ring (bicyclic) bond motifs is 1. The van der Waals surface area contributed by atoms with Crippen LogP contribution >= 0.6 is 22.6 Å². The summed E-state index contributed by atoms with van der Waals surface area (Å²) in [6.07, 6.45) is 0. The topological polar surface area (TPSA) is 104 Å². The lowest BCUT2D eigenvalue weighted by atomic mass is 10.2. The molecule has 2 aromatic carbocycles. The van der Waals surface area contributed by atoms with E-state index in [0.717, 1.165) is 3.57 Å². The lowest BCUT2D eigenvalue weighted by Gasteiger charge is -2.07. The number of esters is 1. The number of hydrogen-bond donors (Lipinski definition) is 3. The normalized spacial score (nSPS) is 10.5. The smallest absolute Gasteiger partial charge is 0.338 e. The van der Waals surface area contributed by atoms with Crippen LogP contribution in [-0.2, 0) is 9.53 Å². The Kier molecular flexibility index (Phi) is 4.65. The van der Waals surface area contributed by atoms with E-state index < -0.39 is 18.5 Å². The van der Waals surface area contributed by atoms with Crippen molar-refractivity contribution in [3.63, 3.8) is 0 Å². The van der Waals surface area contributed by atoms with Crippen LogP contribution in [0.15, 0.2) is 47.3 Å². The second-order valence-corrected chi connectivity index (χ2v) is 6.22. The molecule has 0 unspecified atom stereocenters. The van der Waals surface area contributed by atoms with Crippen molar-refractivity contribution >= 4 is 51.2 Å². The fraction of sp³-hybridized carbons (Fsp3) is 0.0625. The summed E-state index contributed by atoms with van der Waals surface area (Å²) in [5.41, 5.74) is 1.78. The van der Waals surface area contributed by atoms with Gasteiger partial charge in [0.25, 0.3) is 5.91 Å². The molecule has 1 heterocycles. The van der Waals surface area contributed by atoms with Crippen molar-refractivity contribution in [2.45, 2.75) is 0 Å². The van der Waals surface area contributed by atoms with Crippen molar-refractivity contribution in [2.24, 2.45) is 0 Å². The predicted molar refractivity (Wildman–Crippen MR) is 97.0 cm³/mol. The Labute approximate surface area is 149 Å². The van der Waals surface area contributed by atoms with E-state index in [1.54, 1.807) is 42.5 Å². The molecule has 0 atom stereocenters. The van der Waals surface area contributed by atoms with Gasteiger partial charge in [0.15, 0.2) is 6.61 Å². The second-order valence-electron chi connectivity index (χ2n) is 4.97. The van der Waals surface area contributed by atoms with Gasteiger partial charge in [-0.25, -0.2) is 9.59 Å². The quantitative estimate of drug-likeness (QED) is 0.430. The molecule has 0 aliphatic carbocycles. The van der Waals surface area contributed by atoms with Crippen LogP contribution in [0.5, 0.6) is 0 Å². The summed E-state index contributed by atoms with van der Waals surface area (Å²) in [6, 6.07) is 11.8. The van der Waals surface area contributed by atoms with Crippen molar-refractivity contribution in [2.75, 3.05) is 11.9 Å². The zero-order chi connectivity index (χ0) is 17.1. The number of carbonyl (C=O) groups is 2. The van der Waals surface area contributed by atoms with Gasteiger partial charge < -0.3 is 20.0 Å². The number of benzene rings is 2. The van der Waals surface area contributed by atoms with Crippen LogP contribution in [0.1, 0.15) is 10.4 Å². The highest BCUT2D eigenvalue weighted by Gasteiger charge is 2.10. The highest BCUT2D eigenvalue weighted by Crippen LogP contribution is 2.14. The Morgan fingerprint density at radius 1 is 1.04 bits per heavy atom. The third kappa shape index (κ3) is 3.82. The number of aromatic amines is 2. The van der Waals surface area contributed by atoms with Crippen LogP contribution in [0.25, 0.3) is 11.0 Å². The lowest BCUT2D eigenvalue weighted by Crippen LogP contribution is -2.20. The molecule has 0 spiro atoms. The number of aromatic nitrogens is 2. The molecule has 0 aliphatic heterocycles. The molecule has 0 saturated heterocycles. The average Bonchev–Trinajstić information content (AvgIpc) is 2.92. The van der Waals surface area contributed by atoms with Crippen molar-refractivity contribution in [3.8, 4) is 0 Å². The molecule has 3 rings (SSSR count). The Morgan fingerprint density at radius 2 is 1.75 bits per heavy atom. The third-order valence-electron chi connectivity index (χ3n) is 3.21. The summed E-state index contributed by atoms with van der Waals surface area (Å²) < 4.78 is 5.98. The maximum Gasteiger partial charge on any atom is 0.338 e. The van der Waals surface area contributed by atoms with Crippen LogP contribution in [0, 0.1) is 3.57 Å². The molecular formula is C16H12IN3O4. The minimum atomic E-state index is -0.563. The maximum atomic E-state index is 11.9. The molecule has 3 aromatic rings. The largest absolute Gasteiger partial charge is 0.452 e. The van der Waals surface area contributed by atoms with Crippen LogP contribution < -0.4 is 11.0 Å². The van der Waals surface area contributed by atoms with Crippen molar-refractivity contribution in [1.29, 1.82) is 0 Å². The number of imidazole rings is 1. The molecule has 0 radical (unpaired) electrons. The SMILES string of the molecule is O=C(COC(=O)c1ccc(I)cc1)Nc1ccc2[nH]c(=O)[nH]c2c1. The standard InChI is InChI=1S/C16H12IN3O4/c17-10-3-1-9(2-4-10)15(22)24-8-14(21)18-11-5-6-12-13(7-11)20-16(23)19-12/h1-7H,8H2,(H,18,21)(H2,19,20,23). The first kappa shape index (κ1) is 16.2. The lowest BCUT2D eigenvalue weighted by molar-refractivity contribution is -0.119. The summed E-state index contributed by atoms with van der Waals surface area (Å²) in [4.78, 5) is 40.1. The molecule has 0 saturated carbocycles. The monoisotopic (exact) mass is 437 g/mol. The Balaban J connectivity index is 1.59. The molecule has 1 aromatic heterocycles. The molecule has 24 heavy (non-hydrogen) atoms. The number of anilines is 1. The van der Waals surface area contributed by atoms with E-state index in [2.05, 4.69) is 37.9 Å². The minimum Gasteiger partial charge on any atom is -0.452 e. The van der Waals surface area contributed by atoms with E-state index in [0.29, 0.717) is 22.3 Å². The number of halogens is 1. The van der Waals surface area contributed by atoms with Crippen LogP contribution in [0.3, 0.4) is 0 Å². The third-order valence-corrected chi connectivity index (χ3v) is 3.93. The van der Waals surface area contributed by atoms with E-state index in [4.69, 9.17) is 4.74 Å². The molecule has 7 nitrogen and oxygen atoms in total. The molecule has 0 bridgehead atoms. The Morgan fingerprint density at radius 3 is 2.50 bits per heavy atom. The average molecular weight is 437 g/mol. The number of rotatable bonds is 4. The number of hydrogen-bond acceptors (Lipinski definition) is 4. The highest BCUT2D eigenvalue weighted by atomic mass is 127. The van der Waals surface area contributed by atoms with Gasteiger partial charge in [0.1, 0.15) is 0 Å². The highest BCUT2D eigenvalue weighted by molar-refractivity contribution is 14.1. The molecule has 0 fully saturated rings. The van der Waals surface area contributed by atoms with E-state index in [1.807, 2.05) is 0 Å². The fourth-order valence-corrected chi connectivity index (χ4v) is 2.47. The Hall–Kier alpha value is -2.62. The van der Waals surface area contributed by atoms with Gasteiger partial charge in [-0.3, -0.25) is 4.79 Å². The van der Waals surface area contributed by atoms with E-state index in [-0.39, 0.29) is 5.69 Å². The Bertz CT molecular complexity index is 959. The summed E-state index contributed by atoms with van der Waals surface area (Å²) >= 11 is 2.13. The van der Waals surface area contributed by atoms with Gasteiger partial charge in [-0.1, -0.05) is 0 Å². The minimum absolute atomic E-state index is 0.320. The predicted octanol–water partition coefficient (Wildman–Crippen LogP) is 2.26. The first-order chi connectivity index (χ1) is 11.5. The van der Waals surface area contributed by atoms with Gasteiger partial charge in [0.2, 0.25) is 0 Å². The fourth-order valence-electron chi connectivity index (χ4n) is 2.11. The second kappa shape index (κ2) is 6.87. The maximum absolute atomic E-state index is 11.9. The zero-order valence-electron chi connectivity index (χ0n) is 12.3. The van der Waals surface area contributed by atoms with Crippen molar-refractivity contribution < 1.29 is 14.3 Å². The molecule has 122 valence electrons. The van der Waals surface area contributed by atoms with Gasteiger partial charge in [-0.05, 0) is 65.1 Å². The molecule has 8 heteroatoms. The van der Waals surface area contributed by atoms with Gasteiger partial charge in [-0.15, -0.1) is 0 Å². The summed E-state index contributed by atoms with van der Waals surface area (Å²) in [5.74, 6) is -1.03. The van der Waals surface area contributed by atoms with E-state index in [1.165, 1.54) is 0 Å². The van der Waals surface area contributed by atoms with Gasteiger partial charge in [-0.2, -0.15) is 0 Å². The molecule has 3 N–H and O–H groups in total. The van der Waals surface area contributed by atoms with E-state index >= 15 is 0 Å². The number of carbonyl (C=O) groups excluding carboxylic acids is 2. The van der Waals surface area contributed by atoms with Gasteiger partial charge >= 0.3 is 11.7 Å². The van der Waals surface area contributed by atoms with Crippen molar-refractivity contribution in [3.05, 3.63) is 62.1 Å². The number of nitrogens with one attached hydrogen (secondary N) is 3. The number of H-pyrrole nitrogens is 2. The molecule has 0 aliphatic rings. The molecule has 1 amide bonds. The zero-order valence-corrected chi connectivity index (χ0v) is 14.4. The first-order valence-electron chi connectivity index (χ1n) is 6.96. The van der Waals surface area contributed by atoms with Crippen LogP contribution in [-0.4, -0.2) is 28.5 Å². The van der Waals surface area contributed by atoms with Crippen molar-refractivity contribution in [1.82, 2.24) is 9.97 Å². The summed E-state index contributed by atoms with van der Waals surface area (Å²) in [6.45, 7) is -0.396. The number of ether oxygens (including phenoxy) is 1. The van der Waals surface area contributed by atoms with Crippen LogP contribution in [0.2, 0.25) is 0 Å². The van der Waals surface area contributed by atoms with Crippen LogP contribution in [0.4, 0.5) is 5.69 Å². The summed E-state index contributed by atoms with van der Waals surface area (Å²) in [7, 11) is 0. The van der Waals surface area contributed by atoms with Gasteiger partial charge in [0.05, 0.1) is 16.6 Å². The number of amides is 1. The summed E-state index contributed by atoms with van der Waals surface area (Å²) in [5, 5.41) is 2.61.